The molecule has 0 aliphatic heterocycles. The molecule has 7 nitrogen and oxygen atoms in total. The summed E-state index contributed by atoms with van der Waals surface area (Å²) in [6.07, 6.45) is 0.716. The number of nitrogens with zero attached hydrogens (tertiary/aromatic N) is 3. The molecule has 2 heterocycles. The first-order valence-electron chi connectivity index (χ1n) is 10.2. The van der Waals surface area contributed by atoms with Gasteiger partial charge < -0.3 is 14.8 Å². The summed E-state index contributed by atoms with van der Waals surface area (Å²) in [5.74, 6) is 1.74. The highest BCUT2D eigenvalue weighted by Crippen LogP contribution is 2.30. The zero-order valence-corrected chi connectivity index (χ0v) is 19.1. The molecule has 0 saturated carbocycles. The van der Waals surface area contributed by atoms with Crippen molar-refractivity contribution < 1.29 is 14.3 Å². The molecule has 162 valence electrons. The Morgan fingerprint density at radius 2 is 1.90 bits per heavy atom. The second-order valence-corrected chi connectivity index (χ2v) is 8.66. The molecule has 0 saturated heterocycles. The number of benzene rings is 2. The molecule has 1 N–H and O–H groups in total. The highest BCUT2D eigenvalue weighted by Gasteiger charge is 2.14. The monoisotopic (exact) mass is 456 g/mol. The third-order valence-corrected chi connectivity index (χ3v) is 6.53. The van der Waals surface area contributed by atoms with Crippen LogP contribution < -0.4 is 14.8 Å². The van der Waals surface area contributed by atoms with E-state index in [2.05, 4.69) is 21.6 Å². The number of para-hydroxylation sites is 1. The van der Waals surface area contributed by atoms with Gasteiger partial charge in [-0.15, -0.1) is 10.2 Å². The molecule has 4 rings (SSSR count). The van der Waals surface area contributed by atoms with Gasteiger partial charge in [-0.05, 0) is 50.1 Å². The third-order valence-electron chi connectivity index (χ3n) is 4.59. The van der Waals surface area contributed by atoms with Gasteiger partial charge in [-0.2, -0.15) is 0 Å². The number of hydrogen-bond donors (Lipinski definition) is 1. The fourth-order valence-corrected chi connectivity index (χ4v) is 5.02. The molecule has 0 radical (unpaired) electrons. The van der Waals surface area contributed by atoms with E-state index in [1.54, 1.807) is 11.3 Å². The number of thiazole rings is 1. The number of carbonyl (C=O) groups is 1. The quantitative estimate of drug-likeness (QED) is 0.361. The van der Waals surface area contributed by atoms with Crippen LogP contribution in [0.5, 0.6) is 11.5 Å². The summed E-state index contributed by atoms with van der Waals surface area (Å²) in [6.45, 7) is 5.61. The van der Waals surface area contributed by atoms with E-state index in [0.29, 0.717) is 31.9 Å². The maximum atomic E-state index is 12.3. The Morgan fingerprint density at radius 3 is 2.74 bits per heavy atom. The summed E-state index contributed by atoms with van der Waals surface area (Å²) in [6, 6.07) is 14.0. The summed E-state index contributed by atoms with van der Waals surface area (Å²) in [4.78, 5) is 13.2. The molecular formula is C22H24N4O3S2. The molecule has 0 aliphatic rings. The zero-order chi connectivity index (χ0) is 21.6. The van der Waals surface area contributed by atoms with Crippen molar-refractivity contribution in [3.8, 4) is 11.5 Å². The van der Waals surface area contributed by atoms with Crippen LogP contribution in [-0.4, -0.2) is 46.0 Å². The van der Waals surface area contributed by atoms with Gasteiger partial charge in [0.05, 0.1) is 29.2 Å². The second-order valence-electron chi connectivity index (χ2n) is 6.71. The van der Waals surface area contributed by atoms with Crippen LogP contribution in [0.1, 0.15) is 19.4 Å². The van der Waals surface area contributed by atoms with Crippen LogP contribution in [0.3, 0.4) is 0 Å². The van der Waals surface area contributed by atoms with Crippen LogP contribution in [-0.2, 0) is 11.2 Å². The van der Waals surface area contributed by atoms with Gasteiger partial charge in [-0.3, -0.25) is 9.20 Å². The molecule has 31 heavy (non-hydrogen) atoms. The fourth-order valence-electron chi connectivity index (χ4n) is 3.23. The molecule has 0 atom stereocenters. The zero-order valence-electron chi connectivity index (χ0n) is 17.5. The normalized spacial score (nSPS) is 11.2. The number of rotatable bonds is 10. The Hall–Kier alpha value is -2.78. The lowest BCUT2D eigenvalue weighted by atomic mass is 10.1. The first-order chi connectivity index (χ1) is 15.2. The van der Waals surface area contributed by atoms with E-state index in [1.165, 1.54) is 11.8 Å². The predicted octanol–water partition coefficient (Wildman–Crippen LogP) is 4.19. The van der Waals surface area contributed by atoms with Crippen LogP contribution in [0.2, 0.25) is 0 Å². The number of hydrogen-bond acceptors (Lipinski definition) is 7. The smallest absolute Gasteiger partial charge is 0.230 e. The molecule has 0 fully saturated rings. The van der Waals surface area contributed by atoms with Crippen molar-refractivity contribution in [1.29, 1.82) is 0 Å². The average Bonchev–Trinajstić information content (AvgIpc) is 3.34. The van der Waals surface area contributed by atoms with Crippen molar-refractivity contribution in [2.45, 2.75) is 25.4 Å². The predicted molar refractivity (Wildman–Crippen MR) is 125 cm³/mol. The number of aromatic nitrogens is 3. The molecular weight excluding hydrogens is 432 g/mol. The van der Waals surface area contributed by atoms with Crippen LogP contribution in [0.15, 0.2) is 47.6 Å². The van der Waals surface area contributed by atoms with Crippen molar-refractivity contribution in [3.05, 3.63) is 48.0 Å². The Morgan fingerprint density at radius 1 is 1.10 bits per heavy atom. The standard InChI is InChI=1S/C22H24N4O3S2/c1-3-28-17-10-9-15(13-18(17)29-4-2)11-12-23-20(27)14-30-21-24-25-22-26(21)16-7-5-6-8-19(16)31-22/h5-10,13H,3-4,11-12,14H2,1-2H3,(H,23,27). The van der Waals surface area contributed by atoms with E-state index < -0.39 is 0 Å². The fraction of sp³-hybridized carbons (Fsp3) is 0.318. The summed E-state index contributed by atoms with van der Waals surface area (Å²) in [7, 11) is 0. The number of ether oxygens (including phenoxy) is 2. The molecule has 0 unspecified atom stereocenters. The number of fused-ring (bicyclic) bond motifs is 3. The summed E-state index contributed by atoms with van der Waals surface area (Å²) < 4.78 is 14.4. The SMILES string of the molecule is CCOc1ccc(CCNC(=O)CSc2nnc3sc4ccccc4n23)cc1OCC. The van der Waals surface area contributed by atoms with Gasteiger partial charge in [0.25, 0.3) is 0 Å². The number of nitrogens with one attached hydrogen (secondary N) is 1. The van der Waals surface area contributed by atoms with Gasteiger partial charge >= 0.3 is 0 Å². The van der Waals surface area contributed by atoms with Crippen LogP contribution in [0.4, 0.5) is 0 Å². The molecule has 2 aromatic carbocycles. The lowest BCUT2D eigenvalue weighted by molar-refractivity contribution is -0.118. The van der Waals surface area contributed by atoms with E-state index in [0.717, 1.165) is 37.4 Å². The Kier molecular flexibility index (Phi) is 6.93. The van der Waals surface area contributed by atoms with Crippen molar-refractivity contribution in [1.82, 2.24) is 19.9 Å². The van der Waals surface area contributed by atoms with Crippen LogP contribution in [0.25, 0.3) is 15.2 Å². The van der Waals surface area contributed by atoms with Gasteiger partial charge in [0.15, 0.2) is 16.7 Å². The Bertz CT molecular complexity index is 1190. The van der Waals surface area contributed by atoms with Gasteiger partial charge in [-0.1, -0.05) is 41.3 Å². The minimum absolute atomic E-state index is 0.0303. The molecule has 1 amide bonds. The van der Waals surface area contributed by atoms with E-state index in [4.69, 9.17) is 9.47 Å². The lowest BCUT2D eigenvalue weighted by Gasteiger charge is -2.12. The third kappa shape index (κ3) is 4.94. The van der Waals surface area contributed by atoms with E-state index in [1.807, 2.05) is 54.6 Å². The van der Waals surface area contributed by atoms with Crippen LogP contribution >= 0.6 is 23.1 Å². The molecule has 0 spiro atoms. The summed E-state index contributed by atoms with van der Waals surface area (Å²) in [5, 5.41) is 12.2. The molecule has 4 aromatic rings. The molecule has 0 bridgehead atoms. The largest absolute Gasteiger partial charge is 0.490 e. The average molecular weight is 457 g/mol. The van der Waals surface area contributed by atoms with Crippen molar-refractivity contribution in [2.75, 3.05) is 25.5 Å². The molecule has 0 aliphatic carbocycles. The highest BCUT2D eigenvalue weighted by atomic mass is 32.2. The number of thioether (sulfide) groups is 1. The second kappa shape index (κ2) is 10.0. The van der Waals surface area contributed by atoms with E-state index in [9.17, 15) is 4.79 Å². The highest BCUT2D eigenvalue weighted by molar-refractivity contribution is 7.99. The van der Waals surface area contributed by atoms with Crippen molar-refractivity contribution in [2.24, 2.45) is 0 Å². The Balaban J connectivity index is 1.31. The molecule has 2 aromatic heterocycles. The maximum absolute atomic E-state index is 12.3. The van der Waals surface area contributed by atoms with E-state index in [-0.39, 0.29) is 5.91 Å². The maximum Gasteiger partial charge on any atom is 0.230 e. The minimum Gasteiger partial charge on any atom is -0.490 e. The van der Waals surface area contributed by atoms with Crippen molar-refractivity contribution in [3.63, 3.8) is 0 Å². The Labute approximate surface area is 188 Å². The minimum atomic E-state index is -0.0303. The van der Waals surface area contributed by atoms with Crippen molar-refractivity contribution >= 4 is 44.2 Å². The van der Waals surface area contributed by atoms with Crippen LogP contribution in [0, 0.1) is 0 Å². The number of carbonyl (C=O) groups excluding carboxylic acids is 1. The van der Waals surface area contributed by atoms with Gasteiger partial charge in [0.1, 0.15) is 0 Å². The lowest BCUT2D eigenvalue weighted by Crippen LogP contribution is -2.27. The summed E-state index contributed by atoms with van der Waals surface area (Å²) >= 11 is 2.99. The van der Waals surface area contributed by atoms with Gasteiger partial charge in [0.2, 0.25) is 10.9 Å². The van der Waals surface area contributed by atoms with E-state index >= 15 is 0 Å². The number of amides is 1. The molecule has 9 heteroatoms. The first kappa shape index (κ1) is 21.5. The summed E-state index contributed by atoms with van der Waals surface area (Å²) in [5.41, 5.74) is 2.15. The van der Waals surface area contributed by atoms with Gasteiger partial charge in [-0.25, -0.2) is 0 Å². The first-order valence-corrected chi connectivity index (χ1v) is 12.0. The van der Waals surface area contributed by atoms with Gasteiger partial charge in [0, 0.05) is 6.54 Å². The topological polar surface area (TPSA) is 77.8 Å².